The van der Waals surface area contributed by atoms with Gasteiger partial charge in [-0.1, -0.05) is 20.8 Å². The van der Waals surface area contributed by atoms with Gasteiger partial charge in [-0.15, -0.1) is 0 Å². The Labute approximate surface area is 75.6 Å². The molecule has 0 aromatic heterocycles. The molecule has 1 N–H and O–H groups in total. The summed E-state index contributed by atoms with van der Waals surface area (Å²) in [5.41, 5.74) is 0. The highest BCUT2D eigenvalue weighted by molar-refractivity contribution is 4.87. The number of hydrogen-bond donors (Lipinski definition) is 1. The molecule has 0 aromatic rings. The van der Waals surface area contributed by atoms with Gasteiger partial charge in [0.15, 0.2) is 0 Å². The lowest BCUT2D eigenvalue weighted by molar-refractivity contribution is -0.0278. The molecule has 0 bridgehead atoms. The molecule has 1 heterocycles. The molecule has 1 aliphatic rings. The standard InChI is InChI=1S/C10H21NO/c1-5-9-7(2)8(3)10(12)6-11(9)4/h7-10,12H,5-6H2,1-4H3. The third-order valence-electron chi connectivity index (χ3n) is 3.50. The molecule has 72 valence electrons. The minimum Gasteiger partial charge on any atom is -0.392 e. The number of likely N-dealkylation sites (tertiary alicyclic amines) is 1. The zero-order chi connectivity index (χ0) is 9.30. The van der Waals surface area contributed by atoms with Crippen molar-refractivity contribution in [3.05, 3.63) is 0 Å². The van der Waals surface area contributed by atoms with E-state index < -0.39 is 0 Å². The van der Waals surface area contributed by atoms with E-state index in [1.54, 1.807) is 0 Å². The normalized spacial score (nSPS) is 44.8. The fourth-order valence-corrected chi connectivity index (χ4v) is 2.38. The summed E-state index contributed by atoms with van der Waals surface area (Å²) in [6.45, 7) is 7.47. The molecular formula is C10H21NO. The van der Waals surface area contributed by atoms with E-state index in [1.807, 2.05) is 0 Å². The Balaban J connectivity index is 2.65. The number of likely N-dealkylation sites (N-methyl/N-ethyl adjacent to an activating group) is 1. The average Bonchev–Trinajstić information content (AvgIpc) is 2.01. The maximum absolute atomic E-state index is 9.69. The molecule has 0 spiro atoms. The van der Waals surface area contributed by atoms with Crippen LogP contribution in [0.3, 0.4) is 0 Å². The number of hydrogen-bond acceptors (Lipinski definition) is 2. The summed E-state index contributed by atoms with van der Waals surface area (Å²) in [5.74, 6) is 1.06. The first-order valence-corrected chi connectivity index (χ1v) is 4.96. The molecule has 4 unspecified atom stereocenters. The second-order valence-electron chi connectivity index (χ2n) is 4.20. The third-order valence-corrected chi connectivity index (χ3v) is 3.50. The second kappa shape index (κ2) is 3.75. The summed E-state index contributed by atoms with van der Waals surface area (Å²) < 4.78 is 0. The van der Waals surface area contributed by atoms with E-state index in [0.717, 1.165) is 6.54 Å². The Morgan fingerprint density at radius 2 is 1.92 bits per heavy atom. The zero-order valence-corrected chi connectivity index (χ0v) is 8.62. The summed E-state index contributed by atoms with van der Waals surface area (Å²) in [7, 11) is 2.11. The number of piperidine rings is 1. The van der Waals surface area contributed by atoms with Gasteiger partial charge in [-0.2, -0.15) is 0 Å². The van der Waals surface area contributed by atoms with Crippen LogP contribution in [0.15, 0.2) is 0 Å². The van der Waals surface area contributed by atoms with Gasteiger partial charge in [-0.05, 0) is 25.3 Å². The lowest BCUT2D eigenvalue weighted by Gasteiger charge is -2.43. The Bertz CT molecular complexity index is 149. The SMILES string of the molecule is CCC1C(C)C(C)C(O)CN1C. The number of aliphatic hydroxyl groups is 1. The highest BCUT2D eigenvalue weighted by Crippen LogP contribution is 2.29. The Morgan fingerprint density at radius 1 is 1.33 bits per heavy atom. The molecule has 1 saturated heterocycles. The molecule has 2 heteroatoms. The number of β-amino-alcohol motifs (C(OH)–C–C–N with tert-alkyl or cyclic N) is 1. The van der Waals surface area contributed by atoms with E-state index in [9.17, 15) is 5.11 Å². The van der Waals surface area contributed by atoms with E-state index in [0.29, 0.717) is 17.9 Å². The van der Waals surface area contributed by atoms with Crippen molar-refractivity contribution in [1.82, 2.24) is 4.90 Å². The zero-order valence-electron chi connectivity index (χ0n) is 8.62. The van der Waals surface area contributed by atoms with Crippen LogP contribution in [0.25, 0.3) is 0 Å². The summed E-state index contributed by atoms with van der Waals surface area (Å²) in [6, 6.07) is 0.656. The van der Waals surface area contributed by atoms with Gasteiger partial charge in [0.1, 0.15) is 0 Å². The third kappa shape index (κ3) is 1.64. The van der Waals surface area contributed by atoms with Crippen molar-refractivity contribution < 1.29 is 5.11 Å². The van der Waals surface area contributed by atoms with Crippen LogP contribution in [-0.4, -0.2) is 35.7 Å². The Hall–Kier alpha value is -0.0800. The van der Waals surface area contributed by atoms with Crippen LogP contribution in [0.5, 0.6) is 0 Å². The fraction of sp³-hybridized carbons (Fsp3) is 1.00. The van der Waals surface area contributed by atoms with Gasteiger partial charge in [-0.25, -0.2) is 0 Å². The van der Waals surface area contributed by atoms with Crippen molar-refractivity contribution in [3.63, 3.8) is 0 Å². The summed E-state index contributed by atoms with van der Waals surface area (Å²) in [6.07, 6.45) is 1.06. The molecule has 0 aromatic carbocycles. The molecule has 0 aliphatic carbocycles. The smallest absolute Gasteiger partial charge is 0.0695 e. The Morgan fingerprint density at radius 3 is 2.42 bits per heavy atom. The summed E-state index contributed by atoms with van der Waals surface area (Å²) in [5, 5.41) is 9.69. The van der Waals surface area contributed by atoms with Crippen LogP contribution in [0.1, 0.15) is 27.2 Å². The summed E-state index contributed by atoms with van der Waals surface area (Å²) in [4.78, 5) is 2.29. The monoisotopic (exact) mass is 171 g/mol. The Kier molecular flexibility index (Phi) is 3.13. The van der Waals surface area contributed by atoms with E-state index in [4.69, 9.17) is 0 Å². The van der Waals surface area contributed by atoms with Crippen LogP contribution in [-0.2, 0) is 0 Å². The first kappa shape index (κ1) is 10.0. The van der Waals surface area contributed by atoms with E-state index in [2.05, 4.69) is 32.7 Å². The van der Waals surface area contributed by atoms with Crippen molar-refractivity contribution in [2.45, 2.75) is 39.3 Å². The second-order valence-corrected chi connectivity index (χ2v) is 4.20. The quantitative estimate of drug-likeness (QED) is 0.643. The van der Waals surface area contributed by atoms with Crippen LogP contribution >= 0.6 is 0 Å². The van der Waals surface area contributed by atoms with Gasteiger partial charge in [0, 0.05) is 12.6 Å². The van der Waals surface area contributed by atoms with Crippen molar-refractivity contribution in [3.8, 4) is 0 Å². The van der Waals surface area contributed by atoms with Crippen LogP contribution < -0.4 is 0 Å². The van der Waals surface area contributed by atoms with Crippen molar-refractivity contribution in [2.24, 2.45) is 11.8 Å². The van der Waals surface area contributed by atoms with Crippen molar-refractivity contribution in [1.29, 1.82) is 0 Å². The number of aliphatic hydroxyl groups excluding tert-OH is 1. The maximum atomic E-state index is 9.69. The van der Waals surface area contributed by atoms with E-state index in [-0.39, 0.29) is 6.10 Å². The molecule has 1 fully saturated rings. The van der Waals surface area contributed by atoms with Crippen LogP contribution in [0.4, 0.5) is 0 Å². The predicted octanol–water partition coefficient (Wildman–Crippen LogP) is 1.34. The average molecular weight is 171 g/mol. The van der Waals surface area contributed by atoms with Crippen molar-refractivity contribution >= 4 is 0 Å². The van der Waals surface area contributed by atoms with Gasteiger partial charge in [0.25, 0.3) is 0 Å². The maximum Gasteiger partial charge on any atom is 0.0695 e. The molecule has 1 rings (SSSR count). The minimum absolute atomic E-state index is 0.132. The van der Waals surface area contributed by atoms with Gasteiger partial charge >= 0.3 is 0 Å². The van der Waals surface area contributed by atoms with Gasteiger partial charge in [-0.3, -0.25) is 0 Å². The molecule has 4 atom stereocenters. The molecule has 0 radical (unpaired) electrons. The molecule has 0 saturated carbocycles. The van der Waals surface area contributed by atoms with Crippen LogP contribution in [0.2, 0.25) is 0 Å². The molecule has 1 aliphatic heterocycles. The topological polar surface area (TPSA) is 23.5 Å². The van der Waals surface area contributed by atoms with Crippen LogP contribution in [0, 0.1) is 11.8 Å². The first-order valence-electron chi connectivity index (χ1n) is 4.96. The molecule has 12 heavy (non-hydrogen) atoms. The van der Waals surface area contributed by atoms with E-state index in [1.165, 1.54) is 6.42 Å². The van der Waals surface area contributed by atoms with Crippen molar-refractivity contribution in [2.75, 3.05) is 13.6 Å². The molecule has 2 nitrogen and oxygen atoms in total. The predicted molar refractivity (Wildman–Crippen MR) is 51.0 cm³/mol. The minimum atomic E-state index is -0.132. The molecular weight excluding hydrogens is 150 g/mol. The summed E-state index contributed by atoms with van der Waals surface area (Å²) >= 11 is 0. The highest BCUT2D eigenvalue weighted by Gasteiger charge is 2.34. The first-order chi connectivity index (χ1) is 5.57. The van der Waals surface area contributed by atoms with Gasteiger partial charge in [0.05, 0.1) is 6.10 Å². The fourth-order valence-electron chi connectivity index (χ4n) is 2.38. The lowest BCUT2D eigenvalue weighted by atomic mass is 9.79. The van der Waals surface area contributed by atoms with Gasteiger partial charge in [0.2, 0.25) is 0 Å². The highest BCUT2D eigenvalue weighted by atomic mass is 16.3. The number of rotatable bonds is 1. The largest absolute Gasteiger partial charge is 0.392 e. The van der Waals surface area contributed by atoms with Gasteiger partial charge < -0.3 is 10.0 Å². The number of nitrogens with zero attached hydrogens (tertiary/aromatic N) is 1. The lowest BCUT2D eigenvalue weighted by Crippen LogP contribution is -2.52. The van der Waals surface area contributed by atoms with E-state index >= 15 is 0 Å². The molecule has 0 amide bonds.